The molecule has 4 aromatic rings. The van der Waals surface area contributed by atoms with Crippen LogP contribution in [-0.4, -0.2) is 29.0 Å². The molecule has 12 heteroatoms. The van der Waals surface area contributed by atoms with Gasteiger partial charge in [-0.25, -0.2) is 9.78 Å². The van der Waals surface area contributed by atoms with E-state index in [2.05, 4.69) is 20.6 Å². The second kappa shape index (κ2) is 10.5. The van der Waals surface area contributed by atoms with Gasteiger partial charge in [0.1, 0.15) is 5.82 Å². The lowest BCUT2D eigenvalue weighted by Gasteiger charge is -2.35. The number of fused-ring (bicyclic) bond motifs is 1. The maximum atomic E-state index is 13.4. The molecule has 3 aromatic carbocycles. The minimum absolute atomic E-state index is 0.139. The predicted octanol–water partition coefficient (Wildman–Crippen LogP) is 6.27. The first-order valence-corrected chi connectivity index (χ1v) is 12.5. The van der Waals surface area contributed by atoms with E-state index in [0.717, 1.165) is 23.3 Å². The number of nitrogens with one attached hydrogen (secondary N) is 2. The van der Waals surface area contributed by atoms with E-state index in [1.165, 1.54) is 21.9 Å². The average molecular weight is 562 g/mol. The van der Waals surface area contributed by atoms with Gasteiger partial charge in [-0.05, 0) is 67.4 Å². The lowest BCUT2D eigenvalue weighted by molar-refractivity contribution is -0.137. The molecular formula is C29H26F3N7O2. The Hall–Kier alpha value is -5.13. The van der Waals surface area contributed by atoms with Gasteiger partial charge in [-0.3, -0.25) is 14.6 Å². The Morgan fingerprint density at radius 3 is 2.46 bits per heavy atom. The normalized spacial score (nSPS) is 13.2. The lowest BCUT2D eigenvalue weighted by atomic mass is 10.1. The van der Waals surface area contributed by atoms with Crippen LogP contribution in [0.25, 0.3) is 0 Å². The van der Waals surface area contributed by atoms with E-state index in [9.17, 15) is 22.8 Å². The highest BCUT2D eigenvalue weighted by molar-refractivity contribution is 6.07. The quantitative estimate of drug-likeness (QED) is 0.248. The molecule has 1 aromatic heterocycles. The van der Waals surface area contributed by atoms with Crippen LogP contribution in [0.15, 0.2) is 66.9 Å². The molecule has 0 aliphatic carbocycles. The zero-order valence-electron chi connectivity index (χ0n) is 22.4. The fourth-order valence-corrected chi connectivity index (χ4v) is 4.42. The number of benzene rings is 3. The predicted molar refractivity (Wildman–Crippen MR) is 151 cm³/mol. The summed E-state index contributed by atoms with van der Waals surface area (Å²) in [7, 11) is 1.60. The molecule has 0 unspecified atom stereocenters. The van der Waals surface area contributed by atoms with Crippen LogP contribution in [-0.2, 0) is 12.7 Å². The van der Waals surface area contributed by atoms with Crippen LogP contribution in [0.4, 0.5) is 52.5 Å². The van der Waals surface area contributed by atoms with Gasteiger partial charge in [0.05, 0.1) is 17.8 Å². The van der Waals surface area contributed by atoms with Gasteiger partial charge in [-0.15, -0.1) is 0 Å². The van der Waals surface area contributed by atoms with E-state index in [0.29, 0.717) is 40.1 Å². The summed E-state index contributed by atoms with van der Waals surface area (Å²) in [5.74, 6) is 0.0353. The number of aryl methyl sites for hydroxylation is 2. The molecule has 0 atom stereocenters. The molecule has 41 heavy (non-hydrogen) atoms. The zero-order chi connectivity index (χ0) is 29.5. The molecule has 0 radical (unpaired) electrons. The van der Waals surface area contributed by atoms with Crippen LogP contribution in [0.3, 0.4) is 0 Å². The average Bonchev–Trinajstić information content (AvgIpc) is 2.94. The summed E-state index contributed by atoms with van der Waals surface area (Å²) in [6, 6.07) is 14.3. The standard InChI is InChI=1S/C29H26F3N7O2/c1-16-7-9-21(12-23(16)33)36-27-34-14-19-15-39(28(41)38(3)25(19)37-27)24-13-22(10-8-17(24)2)35-26(40)18-5-4-6-20(11-18)29(30,31)32/h4-14H,15,33H2,1-3H3,(H,35,40)(H,34,36,37). The molecule has 0 saturated carbocycles. The smallest absolute Gasteiger partial charge is 0.398 e. The Kier molecular flexibility index (Phi) is 6.99. The summed E-state index contributed by atoms with van der Waals surface area (Å²) in [4.78, 5) is 38.0. The summed E-state index contributed by atoms with van der Waals surface area (Å²) in [5, 5.41) is 5.73. The first-order valence-electron chi connectivity index (χ1n) is 12.5. The Morgan fingerprint density at radius 1 is 1.00 bits per heavy atom. The molecule has 5 rings (SSSR count). The van der Waals surface area contributed by atoms with Crippen LogP contribution in [0.2, 0.25) is 0 Å². The van der Waals surface area contributed by atoms with Gasteiger partial charge < -0.3 is 16.4 Å². The maximum Gasteiger partial charge on any atom is 0.416 e. The van der Waals surface area contributed by atoms with Gasteiger partial charge >= 0.3 is 12.2 Å². The van der Waals surface area contributed by atoms with Crippen molar-refractivity contribution in [2.45, 2.75) is 26.6 Å². The SMILES string of the molecule is Cc1ccc(Nc2ncc3c(n2)N(C)C(=O)N(c2cc(NC(=O)c4cccc(C(F)(F)F)c4)ccc2C)C3)cc1N. The van der Waals surface area contributed by atoms with Crippen molar-refractivity contribution in [1.29, 1.82) is 0 Å². The number of carbonyl (C=O) groups excluding carboxylic acids is 2. The maximum absolute atomic E-state index is 13.4. The van der Waals surface area contributed by atoms with Crippen molar-refractivity contribution in [3.05, 3.63) is 94.7 Å². The molecule has 210 valence electrons. The van der Waals surface area contributed by atoms with Crippen molar-refractivity contribution in [2.24, 2.45) is 0 Å². The van der Waals surface area contributed by atoms with Crippen molar-refractivity contribution in [3.8, 4) is 0 Å². The molecule has 1 aliphatic rings. The minimum atomic E-state index is -4.57. The number of nitrogen functional groups attached to an aromatic ring is 1. The van der Waals surface area contributed by atoms with Crippen molar-refractivity contribution in [2.75, 3.05) is 33.2 Å². The number of alkyl halides is 3. The zero-order valence-corrected chi connectivity index (χ0v) is 22.4. The van der Waals surface area contributed by atoms with E-state index in [1.807, 2.05) is 26.0 Å². The largest absolute Gasteiger partial charge is 0.416 e. The second-order valence-electron chi connectivity index (χ2n) is 9.70. The second-order valence-corrected chi connectivity index (χ2v) is 9.70. The highest BCUT2D eigenvalue weighted by Gasteiger charge is 2.32. The molecule has 9 nitrogen and oxygen atoms in total. The van der Waals surface area contributed by atoms with Crippen LogP contribution >= 0.6 is 0 Å². The molecule has 3 amide bonds. The van der Waals surface area contributed by atoms with E-state index in [-0.39, 0.29) is 18.1 Å². The van der Waals surface area contributed by atoms with E-state index < -0.39 is 17.6 Å². The highest BCUT2D eigenvalue weighted by atomic mass is 19.4. The first kappa shape index (κ1) is 27.4. The minimum Gasteiger partial charge on any atom is -0.398 e. The number of nitrogens with two attached hydrogens (primary N) is 1. The van der Waals surface area contributed by atoms with E-state index >= 15 is 0 Å². The fourth-order valence-electron chi connectivity index (χ4n) is 4.42. The number of aromatic nitrogens is 2. The van der Waals surface area contributed by atoms with E-state index in [4.69, 9.17) is 5.73 Å². The Labute approximate surface area is 233 Å². The molecular weight excluding hydrogens is 535 g/mol. The summed E-state index contributed by atoms with van der Waals surface area (Å²) < 4.78 is 39.3. The Morgan fingerprint density at radius 2 is 1.73 bits per heavy atom. The number of rotatable bonds is 5. The van der Waals surface area contributed by atoms with Crippen LogP contribution < -0.4 is 26.2 Å². The number of hydrogen-bond donors (Lipinski definition) is 3. The number of hydrogen-bond acceptors (Lipinski definition) is 6. The van der Waals surface area contributed by atoms with Crippen LogP contribution in [0.5, 0.6) is 0 Å². The number of amides is 3. The first-order chi connectivity index (χ1) is 19.4. The van der Waals surface area contributed by atoms with Gasteiger partial charge in [-0.1, -0.05) is 18.2 Å². The van der Waals surface area contributed by atoms with E-state index in [1.54, 1.807) is 37.5 Å². The van der Waals surface area contributed by atoms with Gasteiger partial charge in [0.2, 0.25) is 5.95 Å². The Bertz CT molecular complexity index is 1670. The van der Waals surface area contributed by atoms with Crippen LogP contribution in [0.1, 0.15) is 32.6 Å². The lowest BCUT2D eigenvalue weighted by Crippen LogP contribution is -2.46. The van der Waals surface area contributed by atoms with Gasteiger partial charge in [-0.2, -0.15) is 18.2 Å². The molecule has 2 heterocycles. The molecule has 4 N–H and O–H groups in total. The summed E-state index contributed by atoms with van der Waals surface area (Å²) >= 11 is 0. The summed E-state index contributed by atoms with van der Waals surface area (Å²) in [5.41, 5.74) is 9.50. The van der Waals surface area contributed by atoms with Gasteiger partial charge in [0.25, 0.3) is 5.91 Å². The molecule has 0 bridgehead atoms. The topological polar surface area (TPSA) is 116 Å². The van der Waals surface area contributed by atoms with Gasteiger partial charge in [0.15, 0.2) is 0 Å². The Balaban J connectivity index is 1.37. The number of anilines is 6. The number of nitrogens with zero attached hydrogens (tertiary/aromatic N) is 4. The van der Waals surface area contributed by atoms with Gasteiger partial charge in [0, 0.05) is 41.4 Å². The van der Waals surface area contributed by atoms with Crippen molar-refractivity contribution >= 4 is 46.5 Å². The molecule has 0 fully saturated rings. The molecule has 0 saturated heterocycles. The monoisotopic (exact) mass is 561 g/mol. The third-order valence-corrected chi connectivity index (χ3v) is 6.75. The number of carbonyl (C=O) groups is 2. The van der Waals surface area contributed by atoms with Crippen LogP contribution in [0, 0.1) is 13.8 Å². The van der Waals surface area contributed by atoms with Crippen molar-refractivity contribution in [1.82, 2.24) is 9.97 Å². The summed E-state index contributed by atoms with van der Waals surface area (Å²) in [6.07, 6.45) is -2.94. The third kappa shape index (κ3) is 5.62. The van der Waals surface area contributed by atoms with Crippen molar-refractivity contribution in [3.63, 3.8) is 0 Å². The fraction of sp³-hybridized carbons (Fsp3) is 0.172. The number of urea groups is 1. The highest BCUT2D eigenvalue weighted by Crippen LogP contribution is 2.34. The summed E-state index contributed by atoms with van der Waals surface area (Å²) in [6.45, 7) is 3.89. The molecule has 0 spiro atoms. The van der Waals surface area contributed by atoms with Crippen molar-refractivity contribution < 1.29 is 22.8 Å². The third-order valence-electron chi connectivity index (χ3n) is 6.75. The number of halogens is 3. The molecule has 1 aliphatic heterocycles.